The number of aliphatic carboxylic acids is 1. The molecule has 5 heterocycles. The molecule has 13 nitrogen and oxygen atoms in total. The maximum atomic E-state index is 15.2. The maximum Gasteiger partial charge on any atom is 0.337 e. The van der Waals surface area contributed by atoms with Crippen LogP contribution in [0.15, 0.2) is 10.9 Å². The van der Waals surface area contributed by atoms with Gasteiger partial charge in [-0.05, 0) is 79.9 Å². The molecule has 0 saturated heterocycles. The van der Waals surface area contributed by atoms with Gasteiger partial charge in [0.2, 0.25) is 0 Å². The molecule has 272 valence electrons. The highest BCUT2D eigenvalue weighted by molar-refractivity contribution is 6.34. The van der Waals surface area contributed by atoms with Crippen LogP contribution < -0.4 is 10.3 Å². The number of benzene rings is 1. The number of aromatic nitrogens is 6. The minimum atomic E-state index is -1.35. The average Bonchev–Trinajstić information content (AvgIpc) is 3.51. The quantitative estimate of drug-likeness (QED) is 0.186. The number of carbonyl (C=O) groups excluding carboxylic acids is 1. The molecule has 0 bridgehead atoms. The van der Waals surface area contributed by atoms with Crippen molar-refractivity contribution in [3.63, 3.8) is 0 Å². The number of aryl methyl sites for hydroxylation is 4. The van der Waals surface area contributed by atoms with Gasteiger partial charge in [-0.3, -0.25) is 14.7 Å². The summed E-state index contributed by atoms with van der Waals surface area (Å²) in [6, 6.07) is 1.37. The van der Waals surface area contributed by atoms with Gasteiger partial charge in [0, 0.05) is 28.1 Å². The summed E-state index contributed by atoms with van der Waals surface area (Å²) < 4.78 is 34.1. The van der Waals surface area contributed by atoms with Crippen molar-refractivity contribution in [3.05, 3.63) is 77.3 Å². The second-order valence-electron chi connectivity index (χ2n) is 13.3. The van der Waals surface area contributed by atoms with Crippen molar-refractivity contribution >= 4 is 46.4 Å². The van der Waals surface area contributed by atoms with Gasteiger partial charge in [-0.1, -0.05) is 23.2 Å². The van der Waals surface area contributed by atoms with Crippen molar-refractivity contribution in [1.82, 2.24) is 29.2 Å². The Labute approximate surface area is 302 Å². The first-order valence-electron chi connectivity index (χ1n) is 16.1. The van der Waals surface area contributed by atoms with Gasteiger partial charge >= 0.3 is 11.9 Å². The molecule has 0 amide bonds. The van der Waals surface area contributed by atoms with Gasteiger partial charge in [0.15, 0.2) is 29.0 Å². The largest absolute Gasteiger partial charge is 0.490 e. The number of rotatable bonds is 6. The maximum absolute atomic E-state index is 15.2. The fourth-order valence-corrected chi connectivity index (χ4v) is 6.36. The Morgan fingerprint density at radius 2 is 1.75 bits per heavy atom. The number of aromatic amines is 1. The zero-order valence-corrected chi connectivity index (χ0v) is 31.3. The standard InChI is InChI=1S/C24H27ClFN3O4.C11H12ClN3O3/c1-11-14-8-7-9-32-20(14)16(26)10-15(11)19-17(21(23(30)31)33-24(4,5)6)12(2)27-22-18(25)13(3)28-29(19)22;1-5-7(4-8(16)18-3)11(17)15-10(13-5)9(12)6(2)14-15/h10,21H,7-9H2,1-6H3,(H,30,31);14H,4H2,1-3H3. The number of methoxy groups -OCH3 is 1. The van der Waals surface area contributed by atoms with E-state index in [1.54, 1.807) is 48.5 Å². The number of nitrogens with zero attached hydrogens (tertiary/aromatic N) is 5. The Morgan fingerprint density at radius 1 is 1.08 bits per heavy atom. The second kappa shape index (κ2) is 14.2. The van der Waals surface area contributed by atoms with Crippen LogP contribution in [0.3, 0.4) is 0 Å². The minimum Gasteiger partial charge on any atom is -0.490 e. The number of H-pyrrole nitrogens is 1. The summed E-state index contributed by atoms with van der Waals surface area (Å²) >= 11 is 12.5. The molecule has 2 N–H and O–H groups in total. The molecule has 1 unspecified atom stereocenters. The zero-order chi connectivity index (χ0) is 37.7. The van der Waals surface area contributed by atoms with Crippen molar-refractivity contribution in [3.8, 4) is 17.0 Å². The van der Waals surface area contributed by atoms with Crippen LogP contribution in [0, 0.1) is 40.4 Å². The number of fused-ring (bicyclic) bond motifs is 3. The van der Waals surface area contributed by atoms with Crippen molar-refractivity contribution in [1.29, 1.82) is 0 Å². The van der Waals surface area contributed by atoms with E-state index in [4.69, 9.17) is 32.7 Å². The normalized spacial score (nSPS) is 13.4. The number of nitrogens with one attached hydrogen (secondary N) is 1. The first-order valence-corrected chi connectivity index (χ1v) is 16.9. The number of carbonyl (C=O) groups is 2. The van der Waals surface area contributed by atoms with Gasteiger partial charge < -0.3 is 19.3 Å². The number of halogens is 3. The molecule has 0 aliphatic carbocycles. The first-order chi connectivity index (χ1) is 23.9. The van der Waals surface area contributed by atoms with Gasteiger partial charge in [-0.25, -0.2) is 23.7 Å². The highest BCUT2D eigenvalue weighted by Crippen LogP contribution is 2.42. The van der Waals surface area contributed by atoms with E-state index in [2.05, 4.69) is 24.9 Å². The lowest BCUT2D eigenvalue weighted by Gasteiger charge is -2.28. The lowest BCUT2D eigenvalue weighted by molar-refractivity contribution is -0.160. The summed E-state index contributed by atoms with van der Waals surface area (Å²) in [6.07, 6.45) is -0.0256. The molecular weight excluding hydrogens is 706 g/mol. The molecule has 0 fully saturated rings. The van der Waals surface area contributed by atoms with Crippen molar-refractivity contribution in [2.45, 2.75) is 86.4 Å². The molecule has 0 saturated carbocycles. The Hall–Kier alpha value is -4.53. The summed E-state index contributed by atoms with van der Waals surface area (Å²) in [6.45, 7) is 14.5. The fourth-order valence-electron chi connectivity index (χ4n) is 6.03. The Balaban J connectivity index is 0.000000236. The summed E-state index contributed by atoms with van der Waals surface area (Å²) in [5.74, 6) is -1.91. The molecule has 5 aromatic rings. The smallest absolute Gasteiger partial charge is 0.337 e. The molecule has 51 heavy (non-hydrogen) atoms. The van der Waals surface area contributed by atoms with E-state index in [-0.39, 0.29) is 17.7 Å². The van der Waals surface area contributed by atoms with E-state index in [1.165, 1.54) is 22.2 Å². The summed E-state index contributed by atoms with van der Waals surface area (Å²) in [7, 11) is 1.27. The Kier molecular flexibility index (Phi) is 10.5. The molecule has 0 radical (unpaired) electrons. The van der Waals surface area contributed by atoms with E-state index < -0.39 is 29.5 Å². The van der Waals surface area contributed by atoms with Gasteiger partial charge in [0.25, 0.3) is 5.56 Å². The number of esters is 1. The van der Waals surface area contributed by atoms with Crippen LogP contribution in [-0.4, -0.2) is 65.6 Å². The molecule has 1 atom stereocenters. The second-order valence-corrected chi connectivity index (χ2v) is 14.0. The molecule has 4 aromatic heterocycles. The third-order valence-electron chi connectivity index (χ3n) is 8.48. The average molecular weight is 746 g/mol. The molecule has 1 aromatic carbocycles. The van der Waals surface area contributed by atoms with E-state index in [9.17, 15) is 19.5 Å². The van der Waals surface area contributed by atoms with Crippen LogP contribution in [0.5, 0.6) is 5.75 Å². The van der Waals surface area contributed by atoms with Crippen molar-refractivity contribution < 1.29 is 33.3 Å². The van der Waals surface area contributed by atoms with E-state index in [0.29, 0.717) is 79.5 Å². The fraction of sp³-hybridized carbons (Fsp3) is 0.429. The number of carboxylic acids is 1. The van der Waals surface area contributed by atoms with Crippen LogP contribution in [-0.2, 0) is 31.9 Å². The van der Waals surface area contributed by atoms with Crippen LogP contribution in [0.1, 0.15) is 78.3 Å². The molecular formula is C35H39Cl2FN6O7. The van der Waals surface area contributed by atoms with E-state index in [0.717, 1.165) is 17.5 Å². The highest BCUT2D eigenvalue weighted by atomic mass is 35.5. The molecule has 6 rings (SSSR count). The van der Waals surface area contributed by atoms with Crippen molar-refractivity contribution in [2.75, 3.05) is 13.7 Å². The Morgan fingerprint density at radius 3 is 2.37 bits per heavy atom. The van der Waals surface area contributed by atoms with Crippen LogP contribution in [0.4, 0.5) is 4.39 Å². The molecule has 1 aliphatic rings. The topological polar surface area (TPSA) is 162 Å². The predicted molar refractivity (Wildman–Crippen MR) is 189 cm³/mol. The first kappa shape index (κ1) is 37.7. The highest BCUT2D eigenvalue weighted by Gasteiger charge is 2.35. The van der Waals surface area contributed by atoms with Gasteiger partial charge in [-0.2, -0.15) is 9.61 Å². The van der Waals surface area contributed by atoms with Gasteiger partial charge in [-0.15, -0.1) is 0 Å². The summed E-state index contributed by atoms with van der Waals surface area (Å²) in [4.78, 5) is 44.7. The third kappa shape index (κ3) is 7.17. The number of hydrogen-bond acceptors (Lipinski definition) is 9. The Bertz CT molecular complexity index is 2270. The SMILES string of the molecule is COC(=O)Cc1c(C)nc2c(Cl)c(C)[nH]n2c1=O.Cc1nc2c(Cl)c(C)nn2c(-c2cc(F)c3c(c2C)CCCO3)c1C(OC(C)(C)C)C(=O)O. The van der Waals surface area contributed by atoms with Crippen molar-refractivity contribution in [2.24, 2.45) is 0 Å². The molecule has 16 heteroatoms. The lowest BCUT2D eigenvalue weighted by Crippen LogP contribution is -2.29. The van der Waals surface area contributed by atoms with Gasteiger partial charge in [0.05, 0.1) is 48.4 Å². The van der Waals surface area contributed by atoms with Crippen LogP contribution in [0.2, 0.25) is 10.0 Å². The van der Waals surface area contributed by atoms with Crippen LogP contribution in [0.25, 0.3) is 22.6 Å². The number of hydrogen-bond donors (Lipinski definition) is 2. The predicted octanol–water partition coefficient (Wildman–Crippen LogP) is 6.39. The van der Waals surface area contributed by atoms with Gasteiger partial charge in [0.1, 0.15) is 10.0 Å². The number of ether oxygens (including phenoxy) is 3. The minimum absolute atomic E-state index is 0.104. The van der Waals surface area contributed by atoms with E-state index in [1.807, 2.05) is 6.92 Å². The molecule has 1 aliphatic heterocycles. The number of carboxylic acid groups (broad SMARTS) is 1. The zero-order valence-electron chi connectivity index (χ0n) is 29.7. The van der Waals surface area contributed by atoms with Crippen LogP contribution >= 0.6 is 23.2 Å². The third-order valence-corrected chi connectivity index (χ3v) is 9.38. The summed E-state index contributed by atoms with van der Waals surface area (Å²) in [5, 5.41) is 18.2. The summed E-state index contributed by atoms with van der Waals surface area (Å²) in [5.41, 5.74) is 4.80. The molecule has 0 spiro atoms. The monoisotopic (exact) mass is 744 g/mol. The lowest BCUT2D eigenvalue weighted by atomic mass is 9.91. The van der Waals surface area contributed by atoms with E-state index >= 15 is 4.39 Å².